The van der Waals surface area contributed by atoms with Crippen LogP contribution < -0.4 is 5.32 Å². The fraction of sp³-hybridized carbons (Fsp3) is 0.467. The molecule has 0 aliphatic heterocycles. The smallest absolute Gasteiger partial charge is 0.303 e. The van der Waals surface area contributed by atoms with Crippen molar-refractivity contribution in [3.05, 3.63) is 35.9 Å². The lowest BCUT2D eigenvalue weighted by atomic mass is 9.84. The highest BCUT2D eigenvalue weighted by molar-refractivity contribution is 5.76. The van der Waals surface area contributed by atoms with Crippen LogP contribution in [0.25, 0.3) is 0 Å². The van der Waals surface area contributed by atoms with Crippen molar-refractivity contribution in [1.29, 1.82) is 0 Å². The minimum Gasteiger partial charge on any atom is -0.481 e. The molecule has 1 aromatic rings. The van der Waals surface area contributed by atoms with Crippen LogP contribution >= 0.6 is 0 Å². The molecule has 0 radical (unpaired) electrons. The average Bonchev–Trinajstić information content (AvgIpc) is 2.37. The Balaban J connectivity index is 2.39. The van der Waals surface area contributed by atoms with Gasteiger partial charge in [0.25, 0.3) is 0 Å². The number of carboxylic acids is 1. The van der Waals surface area contributed by atoms with E-state index in [1.807, 2.05) is 30.3 Å². The van der Waals surface area contributed by atoms with E-state index in [1.54, 1.807) is 0 Å². The predicted octanol–water partition coefficient (Wildman–Crippen LogP) is 2.34. The van der Waals surface area contributed by atoms with Gasteiger partial charge < -0.3 is 10.4 Å². The number of carboxylic acid groups (broad SMARTS) is 1. The fourth-order valence-corrected chi connectivity index (χ4v) is 1.80. The molecule has 1 aromatic carbocycles. The van der Waals surface area contributed by atoms with Crippen molar-refractivity contribution in [3.8, 4) is 0 Å². The molecule has 0 aliphatic carbocycles. The number of rotatable bonds is 7. The van der Waals surface area contributed by atoms with Crippen molar-refractivity contribution >= 4 is 11.9 Å². The largest absolute Gasteiger partial charge is 0.481 e. The van der Waals surface area contributed by atoms with Crippen LogP contribution in [-0.2, 0) is 15.0 Å². The quantitative estimate of drug-likeness (QED) is 0.793. The van der Waals surface area contributed by atoms with Gasteiger partial charge in [0.1, 0.15) is 0 Å². The van der Waals surface area contributed by atoms with Gasteiger partial charge in [0.05, 0.1) is 0 Å². The molecule has 1 rings (SSSR count). The summed E-state index contributed by atoms with van der Waals surface area (Å²) in [5, 5.41) is 11.4. The minimum atomic E-state index is -0.864. The summed E-state index contributed by atoms with van der Waals surface area (Å²) in [7, 11) is 0. The number of hydrogen-bond donors (Lipinski definition) is 2. The number of carbonyl (C=O) groups excluding carboxylic acids is 1. The molecule has 0 atom stereocenters. The van der Waals surface area contributed by atoms with Gasteiger partial charge in [-0.05, 0) is 12.0 Å². The normalized spacial score (nSPS) is 11.1. The summed E-state index contributed by atoms with van der Waals surface area (Å²) in [6.07, 6.45) is 0.680. The fourth-order valence-electron chi connectivity index (χ4n) is 1.80. The van der Waals surface area contributed by atoms with E-state index in [9.17, 15) is 9.59 Å². The summed E-state index contributed by atoms with van der Waals surface area (Å²) in [6, 6.07) is 9.99. The third-order valence-corrected chi connectivity index (χ3v) is 3.08. The zero-order valence-corrected chi connectivity index (χ0v) is 11.5. The van der Waals surface area contributed by atoms with E-state index >= 15 is 0 Å². The molecule has 0 unspecified atom stereocenters. The first-order valence-corrected chi connectivity index (χ1v) is 6.46. The topological polar surface area (TPSA) is 66.4 Å². The van der Waals surface area contributed by atoms with Crippen LogP contribution in [0.4, 0.5) is 0 Å². The van der Waals surface area contributed by atoms with Crippen molar-refractivity contribution in [3.63, 3.8) is 0 Å². The lowest BCUT2D eigenvalue weighted by molar-refractivity contribution is -0.137. The van der Waals surface area contributed by atoms with Gasteiger partial charge in [0, 0.05) is 24.8 Å². The van der Waals surface area contributed by atoms with Gasteiger partial charge in [-0.1, -0.05) is 44.2 Å². The zero-order chi connectivity index (χ0) is 14.3. The van der Waals surface area contributed by atoms with Crippen LogP contribution in [0.2, 0.25) is 0 Å². The number of carbonyl (C=O) groups is 2. The molecule has 0 saturated heterocycles. The van der Waals surface area contributed by atoms with Crippen molar-refractivity contribution in [1.82, 2.24) is 5.32 Å². The lowest BCUT2D eigenvalue weighted by Crippen LogP contribution is -2.36. The third-order valence-electron chi connectivity index (χ3n) is 3.08. The maximum atomic E-state index is 11.6. The van der Waals surface area contributed by atoms with Crippen LogP contribution in [0.3, 0.4) is 0 Å². The highest BCUT2D eigenvalue weighted by Crippen LogP contribution is 2.21. The van der Waals surface area contributed by atoms with Gasteiger partial charge in [0.2, 0.25) is 5.91 Å². The molecular weight excluding hydrogens is 242 g/mol. The van der Waals surface area contributed by atoms with Gasteiger partial charge in [-0.2, -0.15) is 0 Å². The van der Waals surface area contributed by atoms with Gasteiger partial charge in [-0.15, -0.1) is 0 Å². The van der Waals surface area contributed by atoms with E-state index in [4.69, 9.17) is 5.11 Å². The summed E-state index contributed by atoms with van der Waals surface area (Å²) in [6.45, 7) is 4.68. The number of amides is 1. The van der Waals surface area contributed by atoms with Crippen LogP contribution in [0.15, 0.2) is 30.3 Å². The highest BCUT2D eigenvalue weighted by atomic mass is 16.4. The second kappa shape index (κ2) is 6.92. The predicted molar refractivity (Wildman–Crippen MR) is 74.0 cm³/mol. The maximum absolute atomic E-state index is 11.6. The second-order valence-corrected chi connectivity index (χ2v) is 5.27. The first-order chi connectivity index (χ1) is 8.92. The molecule has 0 aliphatic rings. The van der Waals surface area contributed by atoms with Gasteiger partial charge in [0.15, 0.2) is 0 Å². The van der Waals surface area contributed by atoms with Gasteiger partial charge >= 0.3 is 5.97 Å². The van der Waals surface area contributed by atoms with E-state index in [1.165, 1.54) is 5.56 Å². The summed E-state index contributed by atoms with van der Waals surface area (Å²) >= 11 is 0. The molecule has 0 spiro atoms. The molecule has 4 heteroatoms. The number of nitrogens with one attached hydrogen (secondary N) is 1. The van der Waals surface area contributed by atoms with E-state index in [2.05, 4.69) is 19.2 Å². The Morgan fingerprint density at radius 3 is 2.37 bits per heavy atom. The molecule has 4 nitrogen and oxygen atoms in total. The third kappa shape index (κ3) is 5.55. The zero-order valence-electron chi connectivity index (χ0n) is 11.5. The molecule has 0 fully saturated rings. The second-order valence-electron chi connectivity index (χ2n) is 5.27. The van der Waals surface area contributed by atoms with Crippen LogP contribution in [0.1, 0.15) is 38.7 Å². The van der Waals surface area contributed by atoms with Crippen LogP contribution in [0.5, 0.6) is 0 Å². The summed E-state index contributed by atoms with van der Waals surface area (Å²) < 4.78 is 0. The van der Waals surface area contributed by atoms with Gasteiger partial charge in [-0.25, -0.2) is 0 Å². The Hall–Kier alpha value is -1.84. The van der Waals surface area contributed by atoms with Gasteiger partial charge in [-0.3, -0.25) is 9.59 Å². The Morgan fingerprint density at radius 1 is 1.16 bits per heavy atom. The molecule has 104 valence electrons. The Kier molecular flexibility index (Phi) is 5.55. The standard InChI is InChI=1S/C15H21NO3/c1-15(2,12-7-4-3-5-8-12)11-16-13(17)9-6-10-14(18)19/h3-5,7-8H,6,9-11H2,1-2H3,(H,16,17)(H,18,19). The Labute approximate surface area is 113 Å². The first-order valence-electron chi connectivity index (χ1n) is 6.46. The molecule has 0 aromatic heterocycles. The van der Waals surface area contributed by atoms with E-state index < -0.39 is 5.97 Å². The summed E-state index contributed by atoms with van der Waals surface area (Å²) in [5.74, 6) is -0.956. The Bertz CT molecular complexity index is 426. The summed E-state index contributed by atoms with van der Waals surface area (Å²) in [4.78, 5) is 21.9. The molecule has 19 heavy (non-hydrogen) atoms. The highest BCUT2D eigenvalue weighted by Gasteiger charge is 2.20. The van der Waals surface area contributed by atoms with Crippen molar-refractivity contribution in [2.45, 2.75) is 38.5 Å². The van der Waals surface area contributed by atoms with Crippen molar-refractivity contribution < 1.29 is 14.7 Å². The first kappa shape index (κ1) is 15.2. The molecule has 0 saturated carbocycles. The lowest BCUT2D eigenvalue weighted by Gasteiger charge is -2.25. The van der Waals surface area contributed by atoms with Crippen molar-refractivity contribution in [2.24, 2.45) is 0 Å². The Morgan fingerprint density at radius 2 is 1.79 bits per heavy atom. The monoisotopic (exact) mass is 263 g/mol. The van der Waals surface area contributed by atoms with Crippen LogP contribution in [-0.4, -0.2) is 23.5 Å². The van der Waals surface area contributed by atoms with E-state index in [0.29, 0.717) is 13.0 Å². The molecule has 0 bridgehead atoms. The SMILES string of the molecule is CC(C)(CNC(=O)CCCC(=O)O)c1ccccc1. The minimum absolute atomic E-state index is 0.0372. The molecule has 1 amide bonds. The van der Waals surface area contributed by atoms with Crippen LogP contribution in [0, 0.1) is 0 Å². The van der Waals surface area contributed by atoms with E-state index in [0.717, 1.165) is 0 Å². The van der Waals surface area contributed by atoms with Crippen molar-refractivity contribution in [2.75, 3.05) is 6.54 Å². The summed E-state index contributed by atoms with van der Waals surface area (Å²) in [5.41, 5.74) is 1.03. The van der Waals surface area contributed by atoms with E-state index in [-0.39, 0.29) is 24.2 Å². The average molecular weight is 263 g/mol. The molecular formula is C15H21NO3. The molecule has 0 heterocycles. The number of benzene rings is 1. The molecule has 2 N–H and O–H groups in total. The number of aliphatic carboxylic acids is 1. The maximum Gasteiger partial charge on any atom is 0.303 e. The number of hydrogen-bond acceptors (Lipinski definition) is 2.